The van der Waals surface area contributed by atoms with Crippen LogP contribution in [0.15, 0.2) is 72.3 Å². The molecule has 1 unspecified atom stereocenters. The van der Waals surface area contributed by atoms with E-state index in [9.17, 15) is 19.5 Å². The van der Waals surface area contributed by atoms with E-state index >= 15 is 0 Å². The predicted molar refractivity (Wildman–Crippen MR) is 149 cm³/mol. The molecule has 1 amide bonds. The standard InChI is InChI=1S/C31H31NO8/c1-5-38-23-15-16-24(25(18-23)39-6-2)28(33)26-27(19-11-13-22(37-4)14-12-19)32(30(35)29(26)34)21-10-8-9-20(17-21)31(36)40-7-3/h8-18,27,33H,5-7H2,1-4H3/b28-26-. The van der Waals surface area contributed by atoms with Crippen LogP contribution in [0, 0.1) is 0 Å². The first kappa shape index (κ1) is 28.2. The second-order valence-corrected chi connectivity index (χ2v) is 8.74. The molecular formula is C31H31NO8. The van der Waals surface area contributed by atoms with Crippen molar-refractivity contribution in [1.29, 1.82) is 0 Å². The van der Waals surface area contributed by atoms with Gasteiger partial charge in [-0.3, -0.25) is 14.5 Å². The first-order chi connectivity index (χ1) is 19.3. The lowest BCUT2D eigenvalue weighted by Crippen LogP contribution is -2.29. The third-order valence-corrected chi connectivity index (χ3v) is 6.33. The maximum Gasteiger partial charge on any atom is 0.338 e. The summed E-state index contributed by atoms with van der Waals surface area (Å²) in [4.78, 5) is 40.8. The van der Waals surface area contributed by atoms with E-state index < -0.39 is 29.5 Å². The van der Waals surface area contributed by atoms with Crippen LogP contribution in [-0.2, 0) is 14.3 Å². The molecule has 1 aliphatic rings. The maximum atomic E-state index is 13.6. The molecular weight excluding hydrogens is 514 g/mol. The monoisotopic (exact) mass is 545 g/mol. The van der Waals surface area contributed by atoms with E-state index in [4.69, 9.17) is 18.9 Å². The quantitative estimate of drug-likeness (QED) is 0.158. The molecule has 4 rings (SSSR count). The van der Waals surface area contributed by atoms with Crippen LogP contribution in [0.25, 0.3) is 5.76 Å². The van der Waals surface area contributed by atoms with E-state index in [0.717, 1.165) is 0 Å². The minimum atomic E-state index is -1.01. The maximum absolute atomic E-state index is 13.6. The Morgan fingerprint density at radius 3 is 2.23 bits per heavy atom. The summed E-state index contributed by atoms with van der Waals surface area (Å²) in [5.74, 6) is -1.27. The summed E-state index contributed by atoms with van der Waals surface area (Å²) in [5.41, 5.74) is 1.18. The van der Waals surface area contributed by atoms with Gasteiger partial charge in [0.25, 0.3) is 11.7 Å². The van der Waals surface area contributed by atoms with Crippen LogP contribution in [0.3, 0.4) is 0 Å². The number of aliphatic hydroxyl groups is 1. The number of carbonyl (C=O) groups is 3. The van der Waals surface area contributed by atoms with Crippen molar-refractivity contribution in [3.8, 4) is 17.2 Å². The number of hydrogen-bond acceptors (Lipinski definition) is 8. The first-order valence-corrected chi connectivity index (χ1v) is 13.0. The Bertz CT molecular complexity index is 1440. The highest BCUT2D eigenvalue weighted by Crippen LogP contribution is 2.44. The van der Waals surface area contributed by atoms with E-state index in [0.29, 0.717) is 41.7 Å². The number of Topliss-reactive ketones (excluding diaryl/α,β-unsaturated/α-hetero) is 1. The lowest BCUT2D eigenvalue weighted by atomic mass is 9.94. The molecule has 0 saturated carbocycles. The average Bonchev–Trinajstić information content (AvgIpc) is 3.23. The fourth-order valence-corrected chi connectivity index (χ4v) is 4.57. The van der Waals surface area contributed by atoms with Gasteiger partial charge < -0.3 is 24.1 Å². The van der Waals surface area contributed by atoms with Crippen molar-refractivity contribution in [2.75, 3.05) is 31.8 Å². The van der Waals surface area contributed by atoms with Crippen molar-refractivity contribution in [3.05, 3.63) is 89.0 Å². The lowest BCUT2D eigenvalue weighted by Gasteiger charge is -2.26. The fourth-order valence-electron chi connectivity index (χ4n) is 4.57. The Morgan fingerprint density at radius 1 is 0.875 bits per heavy atom. The lowest BCUT2D eigenvalue weighted by molar-refractivity contribution is -0.132. The topological polar surface area (TPSA) is 112 Å². The molecule has 1 aliphatic heterocycles. The van der Waals surface area contributed by atoms with Gasteiger partial charge >= 0.3 is 5.97 Å². The number of aliphatic hydroxyl groups excluding tert-OH is 1. The van der Waals surface area contributed by atoms with Crippen LogP contribution in [0.1, 0.15) is 48.3 Å². The normalized spacial score (nSPS) is 16.1. The van der Waals surface area contributed by atoms with Gasteiger partial charge in [-0.1, -0.05) is 18.2 Å². The summed E-state index contributed by atoms with van der Waals surface area (Å²) >= 11 is 0. The van der Waals surface area contributed by atoms with Gasteiger partial charge in [0.2, 0.25) is 0 Å². The second kappa shape index (κ2) is 12.4. The Morgan fingerprint density at radius 2 is 1.57 bits per heavy atom. The number of nitrogens with zero attached hydrogens (tertiary/aromatic N) is 1. The number of benzene rings is 3. The summed E-state index contributed by atoms with van der Waals surface area (Å²) in [6.07, 6.45) is 0. The third-order valence-electron chi connectivity index (χ3n) is 6.33. The van der Waals surface area contributed by atoms with E-state index in [1.807, 2.05) is 6.92 Å². The van der Waals surface area contributed by atoms with E-state index in [-0.39, 0.29) is 23.3 Å². The van der Waals surface area contributed by atoms with Crippen molar-refractivity contribution in [3.63, 3.8) is 0 Å². The Labute approximate surface area is 232 Å². The second-order valence-electron chi connectivity index (χ2n) is 8.74. The highest BCUT2D eigenvalue weighted by atomic mass is 16.5. The van der Waals surface area contributed by atoms with Crippen molar-refractivity contribution in [2.24, 2.45) is 0 Å². The summed E-state index contributed by atoms with van der Waals surface area (Å²) in [6.45, 7) is 6.26. The molecule has 9 heteroatoms. The zero-order valence-electron chi connectivity index (χ0n) is 22.8. The summed E-state index contributed by atoms with van der Waals surface area (Å²) in [5, 5.41) is 11.6. The number of esters is 1. The zero-order chi connectivity index (χ0) is 28.8. The van der Waals surface area contributed by atoms with Gasteiger partial charge in [0.1, 0.15) is 23.0 Å². The highest BCUT2D eigenvalue weighted by molar-refractivity contribution is 6.51. The molecule has 0 aliphatic carbocycles. The number of ether oxygens (including phenoxy) is 4. The molecule has 208 valence electrons. The Kier molecular flexibility index (Phi) is 8.73. The van der Waals surface area contributed by atoms with E-state index in [2.05, 4.69) is 0 Å². The van der Waals surface area contributed by atoms with Crippen LogP contribution in [-0.4, -0.2) is 49.7 Å². The number of rotatable bonds is 10. The molecule has 3 aromatic rings. The number of amides is 1. The van der Waals surface area contributed by atoms with Gasteiger partial charge in [0, 0.05) is 11.8 Å². The van der Waals surface area contributed by atoms with Gasteiger partial charge in [-0.2, -0.15) is 0 Å². The molecule has 0 spiro atoms. The average molecular weight is 546 g/mol. The molecule has 0 radical (unpaired) electrons. The van der Waals surface area contributed by atoms with Gasteiger partial charge in [-0.25, -0.2) is 4.79 Å². The van der Waals surface area contributed by atoms with Crippen molar-refractivity contribution in [1.82, 2.24) is 0 Å². The molecule has 0 aromatic heterocycles. The molecule has 40 heavy (non-hydrogen) atoms. The molecule has 1 saturated heterocycles. The smallest absolute Gasteiger partial charge is 0.338 e. The summed E-state index contributed by atoms with van der Waals surface area (Å²) in [6, 6.07) is 17.0. The van der Waals surface area contributed by atoms with Crippen molar-refractivity contribution < 1.29 is 38.4 Å². The zero-order valence-corrected chi connectivity index (χ0v) is 22.8. The molecule has 3 aromatic carbocycles. The molecule has 9 nitrogen and oxygen atoms in total. The minimum absolute atomic E-state index is 0.123. The summed E-state index contributed by atoms with van der Waals surface area (Å²) < 4.78 is 21.7. The SMILES string of the molecule is CCOC(=O)c1cccc(N2C(=O)C(=O)/C(=C(\O)c3ccc(OCC)cc3OCC)C2c2ccc(OC)cc2)c1. The number of methoxy groups -OCH3 is 1. The first-order valence-electron chi connectivity index (χ1n) is 13.0. The van der Waals surface area contributed by atoms with Crippen LogP contribution >= 0.6 is 0 Å². The highest BCUT2D eigenvalue weighted by Gasteiger charge is 2.47. The minimum Gasteiger partial charge on any atom is -0.507 e. The number of ketones is 1. The number of hydrogen-bond donors (Lipinski definition) is 1. The Hall–Kier alpha value is -4.79. The van der Waals surface area contributed by atoms with Crippen molar-refractivity contribution >= 4 is 29.1 Å². The van der Waals surface area contributed by atoms with E-state index in [1.165, 1.54) is 18.1 Å². The fraction of sp³-hybridized carbons (Fsp3) is 0.258. The predicted octanol–water partition coefficient (Wildman–Crippen LogP) is 5.30. The van der Waals surface area contributed by atoms with Crippen LogP contribution in [0.2, 0.25) is 0 Å². The van der Waals surface area contributed by atoms with Crippen LogP contribution < -0.4 is 19.1 Å². The number of carbonyl (C=O) groups excluding carboxylic acids is 3. The Balaban J connectivity index is 1.92. The molecule has 1 fully saturated rings. The van der Waals surface area contributed by atoms with Gasteiger partial charge in [0.05, 0.1) is 49.7 Å². The van der Waals surface area contributed by atoms with E-state index in [1.54, 1.807) is 74.5 Å². The largest absolute Gasteiger partial charge is 0.507 e. The van der Waals surface area contributed by atoms with Crippen LogP contribution in [0.5, 0.6) is 17.2 Å². The van der Waals surface area contributed by atoms with Crippen LogP contribution in [0.4, 0.5) is 5.69 Å². The molecule has 0 bridgehead atoms. The van der Waals surface area contributed by atoms with Gasteiger partial charge in [0.15, 0.2) is 0 Å². The third kappa shape index (κ3) is 5.49. The molecule has 1 atom stereocenters. The molecule has 1 heterocycles. The van der Waals surface area contributed by atoms with Gasteiger partial charge in [-0.15, -0.1) is 0 Å². The molecule has 1 N–H and O–H groups in total. The number of anilines is 1. The van der Waals surface area contributed by atoms with Gasteiger partial charge in [-0.05, 0) is 68.8 Å². The summed E-state index contributed by atoms with van der Waals surface area (Å²) in [7, 11) is 1.53. The van der Waals surface area contributed by atoms with Crippen molar-refractivity contribution in [2.45, 2.75) is 26.8 Å².